The first kappa shape index (κ1) is 23.3. The number of hydrogen-bond acceptors (Lipinski definition) is 5. The van der Waals surface area contributed by atoms with Crippen molar-refractivity contribution in [2.24, 2.45) is 12.0 Å². The normalized spacial score (nSPS) is 19.7. The number of fused-ring (bicyclic) bond motifs is 2. The van der Waals surface area contributed by atoms with Crippen LogP contribution in [0.15, 0.2) is 65.4 Å². The van der Waals surface area contributed by atoms with Crippen LogP contribution >= 0.6 is 0 Å². The molecule has 3 aliphatic rings. The van der Waals surface area contributed by atoms with E-state index in [4.69, 9.17) is 4.99 Å². The molecule has 36 heavy (non-hydrogen) atoms. The quantitative estimate of drug-likeness (QED) is 0.503. The highest BCUT2D eigenvalue weighted by Crippen LogP contribution is 2.38. The molecular formula is C29H37N7. The summed E-state index contributed by atoms with van der Waals surface area (Å²) in [4.78, 5) is 7.53. The third-order valence-electron chi connectivity index (χ3n) is 7.90. The number of aryl methyl sites for hydroxylation is 1. The summed E-state index contributed by atoms with van der Waals surface area (Å²) < 4.78 is 4.52. The van der Waals surface area contributed by atoms with Crippen LogP contribution in [0.5, 0.6) is 0 Å². The number of amidine groups is 1. The predicted octanol–water partition coefficient (Wildman–Crippen LogP) is 4.85. The molecule has 1 aromatic carbocycles. The molecule has 3 aliphatic heterocycles. The second-order valence-electron chi connectivity index (χ2n) is 10.7. The second-order valence-corrected chi connectivity index (χ2v) is 10.7. The molecule has 0 bridgehead atoms. The van der Waals surface area contributed by atoms with Crippen LogP contribution in [-0.4, -0.2) is 67.4 Å². The van der Waals surface area contributed by atoms with Crippen LogP contribution in [0, 0.1) is 0 Å². The Hall–Kier alpha value is -3.16. The summed E-state index contributed by atoms with van der Waals surface area (Å²) in [6.07, 6.45) is 12.0. The van der Waals surface area contributed by atoms with Crippen LogP contribution in [0.25, 0.3) is 16.6 Å². The Morgan fingerprint density at radius 3 is 2.64 bits per heavy atom. The summed E-state index contributed by atoms with van der Waals surface area (Å²) in [6.45, 7) is 10.7. The standard InChI is InChI=1S/C29H37N7/c1-21(2)34-20-30-29-22(3)9-10-27(36(29)34)28-17-24-7-5-6-8-26(24)35(28)25-12-15-33(16-13-25)14-11-23-18-31-32(4)19-23/h5-10,17-19,21,25H,11-16,20H2,1-4H3. The van der Waals surface area contributed by atoms with Gasteiger partial charge in [0.2, 0.25) is 0 Å². The second kappa shape index (κ2) is 9.37. The molecule has 0 spiro atoms. The highest BCUT2D eigenvalue weighted by atomic mass is 15.7. The fraction of sp³-hybridized carbons (Fsp3) is 0.448. The van der Waals surface area contributed by atoms with E-state index in [-0.39, 0.29) is 0 Å². The summed E-state index contributed by atoms with van der Waals surface area (Å²) in [7, 11) is 1.99. The minimum atomic E-state index is 0.376. The number of hydrazine groups is 1. The van der Waals surface area contributed by atoms with Gasteiger partial charge in [-0.3, -0.25) is 9.69 Å². The highest BCUT2D eigenvalue weighted by molar-refractivity contribution is 6.06. The lowest BCUT2D eigenvalue weighted by molar-refractivity contribution is 0.0870. The lowest BCUT2D eigenvalue weighted by Gasteiger charge is -2.38. The van der Waals surface area contributed by atoms with Crippen molar-refractivity contribution in [3.63, 3.8) is 0 Å². The fourth-order valence-electron chi connectivity index (χ4n) is 5.93. The Labute approximate surface area is 214 Å². The van der Waals surface area contributed by atoms with Gasteiger partial charge in [0, 0.05) is 55.9 Å². The van der Waals surface area contributed by atoms with Gasteiger partial charge in [0.05, 0.1) is 17.6 Å². The molecule has 1 fully saturated rings. The molecule has 1 saturated heterocycles. The van der Waals surface area contributed by atoms with E-state index in [1.54, 1.807) is 0 Å². The van der Waals surface area contributed by atoms with E-state index in [9.17, 15) is 0 Å². The Kier molecular flexibility index (Phi) is 6.05. The summed E-state index contributed by atoms with van der Waals surface area (Å²) >= 11 is 0. The zero-order valence-electron chi connectivity index (χ0n) is 21.9. The molecule has 0 radical (unpaired) electrons. The van der Waals surface area contributed by atoms with Crippen molar-refractivity contribution in [2.45, 2.75) is 52.1 Å². The van der Waals surface area contributed by atoms with Gasteiger partial charge in [-0.05, 0) is 69.4 Å². The largest absolute Gasteiger partial charge is 0.336 e. The molecule has 0 saturated carbocycles. The molecule has 0 amide bonds. The smallest absolute Gasteiger partial charge is 0.147 e. The number of allylic oxidation sites excluding steroid dienone is 2. The van der Waals surface area contributed by atoms with Gasteiger partial charge in [-0.15, -0.1) is 0 Å². The number of rotatable bonds is 6. The van der Waals surface area contributed by atoms with Gasteiger partial charge in [-0.2, -0.15) is 10.1 Å². The maximum Gasteiger partial charge on any atom is 0.147 e. The van der Waals surface area contributed by atoms with E-state index >= 15 is 0 Å². The number of para-hydroxylation sites is 1. The number of benzene rings is 1. The van der Waals surface area contributed by atoms with E-state index in [0.29, 0.717) is 18.8 Å². The maximum atomic E-state index is 4.91. The minimum Gasteiger partial charge on any atom is -0.336 e. The van der Waals surface area contributed by atoms with E-state index in [2.05, 4.69) is 94.0 Å². The van der Waals surface area contributed by atoms with Crippen LogP contribution in [0.2, 0.25) is 0 Å². The van der Waals surface area contributed by atoms with Gasteiger partial charge in [-0.1, -0.05) is 24.3 Å². The van der Waals surface area contributed by atoms with Crippen molar-refractivity contribution in [3.8, 4) is 0 Å². The first-order chi connectivity index (χ1) is 17.5. The van der Waals surface area contributed by atoms with Crippen molar-refractivity contribution < 1.29 is 0 Å². The van der Waals surface area contributed by atoms with Crippen molar-refractivity contribution in [3.05, 3.63) is 71.7 Å². The van der Waals surface area contributed by atoms with Gasteiger partial charge >= 0.3 is 0 Å². The molecular weight excluding hydrogens is 446 g/mol. The van der Waals surface area contributed by atoms with Gasteiger partial charge in [0.25, 0.3) is 0 Å². The third-order valence-corrected chi connectivity index (χ3v) is 7.90. The van der Waals surface area contributed by atoms with E-state index in [0.717, 1.165) is 44.7 Å². The first-order valence-electron chi connectivity index (χ1n) is 13.3. The molecule has 0 aliphatic carbocycles. The Balaban J connectivity index is 1.29. The fourth-order valence-corrected chi connectivity index (χ4v) is 5.93. The lowest BCUT2D eigenvalue weighted by atomic mass is 10.0. The van der Waals surface area contributed by atoms with Crippen LogP contribution < -0.4 is 0 Å². The van der Waals surface area contributed by atoms with Crippen LogP contribution in [-0.2, 0) is 13.5 Å². The molecule has 0 atom stereocenters. The number of hydrogen-bond donors (Lipinski definition) is 0. The highest BCUT2D eigenvalue weighted by Gasteiger charge is 2.35. The van der Waals surface area contributed by atoms with Crippen molar-refractivity contribution in [2.75, 3.05) is 26.3 Å². The van der Waals surface area contributed by atoms with E-state index in [1.807, 2.05) is 17.9 Å². The lowest BCUT2D eigenvalue weighted by Crippen LogP contribution is -2.45. The summed E-state index contributed by atoms with van der Waals surface area (Å²) in [5.41, 5.74) is 6.42. The zero-order valence-corrected chi connectivity index (χ0v) is 21.9. The van der Waals surface area contributed by atoms with Crippen molar-refractivity contribution >= 4 is 22.4 Å². The average molecular weight is 484 g/mol. The van der Waals surface area contributed by atoms with Crippen LogP contribution in [0.1, 0.15) is 50.9 Å². The molecule has 3 aromatic rings. The molecule has 0 N–H and O–H groups in total. The van der Waals surface area contributed by atoms with Gasteiger partial charge in [0.15, 0.2) is 0 Å². The molecule has 7 heteroatoms. The van der Waals surface area contributed by atoms with Gasteiger partial charge in [-0.25, -0.2) is 4.99 Å². The van der Waals surface area contributed by atoms with Crippen LogP contribution in [0.3, 0.4) is 0 Å². The minimum absolute atomic E-state index is 0.376. The molecule has 5 heterocycles. The van der Waals surface area contributed by atoms with Crippen molar-refractivity contribution in [1.82, 2.24) is 29.3 Å². The maximum absolute atomic E-state index is 4.91. The van der Waals surface area contributed by atoms with Gasteiger partial charge < -0.3 is 9.47 Å². The monoisotopic (exact) mass is 483 g/mol. The number of aliphatic imine (C=N–C) groups is 1. The number of likely N-dealkylation sites (tertiary alicyclic amines) is 1. The van der Waals surface area contributed by atoms with Gasteiger partial charge in [0.1, 0.15) is 12.5 Å². The molecule has 6 rings (SSSR count). The molecule has 0 unspecified atom stereocenters. The van der Waals surface area contributed by atoms with E-state index < -0.39 is 0 Å². The predicted molar refractivity (Wildman–Crippen MR) is 146 cm³/mol. The SMILES string of the molecule is CC1=CC=C(c2cc3ccccc3n2C2CCN(CCc3cnn(C)c3)CC2)N2C1=NCN2C(C)C. The topological polar surface area (TPSA) is 44.8 Å². The molecule has 2 aromatic heterocycles. The van der Waals surface area contributed by atoms with Crippen LogP contribution in [0.4, 0.5) is 0 Å². The summed E-state index contributed by atoms with van der Waals surface area (Å²) in [5.74, 6) is 1.09. The summed E-state index contributed by atoms with van der Waals surface area (Å²) in [5, 5.41) is 10.4. The molecule has 7 nitrogen and oxygen atoms in total. The Morgan fingerprint density at radius 2 is 1.89 bits per heavy atom. The van der Waals surface area contributed by atoms with Crippen molar-refractivity contribution in [1.29, 1.82) is 0 Å². The zero-order chi connectivity index (χ0) is 24.8. The Morgan fingerprint density at radius 1 is 1.08 bits per heavy atom. The molecule has 188 valence electrons. The average Bonchev–Trinajstić information content (AvgIpc) is 3.60. The Bertz CT molecular complexity index is 1350. The first-order valence-corrected chi connectivity index (χ1v) is 13.3. The number of aromatic nitrogens is 3. The van der Waals surface area contributed by atoms with E-state index in [1.165, 1.54) is 33.4 Å². The number of nitrogens with zero attached hydrogens (tertiary/aromatic N) is 7. The summed E-state index contributed by atoms with van der Waals surface area (Å²) in [6, 6.07) is 12.1. The third kappa shape index (κ3) is 4.10. The number of piperidine rings is 1.